The number of hydrogen-bond acceptors (Lipinski definition) is 2. The molecule has 1 heterocycles. The fourth-order valence-corrected chi connectivity index (χ4v) is 1.33. The zero-order valence-corrected chi connectivity index (χ0v) is 6.90. The molecule has 1 atom stereocenters. The number of aromatic amines is 1. The zero-order chi connectivity index (χ0) is 9.26. The maximum Gasteiger partial charge on any atom is 0.153 e. The van der Waals surface area contributed by atoms with Crippen LogP contribution in [0.5, 0.6) is 0 Å². The van der Waals surface area contributed by atoms with Crippen molar-refractivity contribution in [3.63, 3.8) is 0 Å². The van der Waals surface area contributed by atoms with Crippen LogP contribution in [0, 0.1) is 0 Å². The summed E-state index contributed by atoms with van der Waals surface area (Å²) in [5, 5.41) is 10.2. The van der Waals surface area contributed by atoms with E-state index in [1.807, 2.05) is 18.3 Å². The molecular weight excluding hydrogens is 166 g/mol. The predicted molar refractivity (Wildman–Crippen MR) is 49.3 cm³/mol. The van der Waals surface area contributed by atoms with Crippen molar-refractivity contribution in [2.45, 2.75) is 6.10 Å². The Hall–Kier alpha value is -1.61. The summed E-state index contributed by atoms with van der Waals surface area (Å²) in [5.41, 5.74) is 1.63. The van der Waals surface area contributed by atoms with Crippen LogP contribution >= 0.6 is 0 Å². The Labute approximate surface area is 75.0 Å². The second kappa shape index (κ2) is 3.03. The molecule has 0 radical (unpaired) electrons. The van der Waals surface area contributed by atoms with Gasteiger partial charge in [-0.25, -0.2) is 0 Å². The Morgan fingerprint density at radius 3 is 3.00 bits per heavy atom. The maximum atomic E-state index is 10.3. The summed E-state index contributed by atoms with van der Waals surface area (Å²) in [5.74, 6) is 0. The van der Waals surface area contributed by atoms with Crippen LogP contribution in [0.25, 0.3) is 10.9 Å². The number of nitrogens with one attached hydrogen (secondary N) is 1. The van der Waals surface area contributed by atoms with Crippen molar-refractivity contribution in [2.75, 3.05) is 0 Å². The van der Waals surface area contributed by atoms with E-state index in [2.05, 4.69) is 4.98 Å². The molecule has 2 rings (SSSR count). The van der Waals surface area contributed by atoms with E-state index in [9.17, 15) is 9.90 Å². The molecule has 3 nitrogen and oxygen atoms in total. The van der Waals surface area contributed by atoms with Crippen molar-refractivity contribution < 1.29 is 9.90 Å². The van der Waals surface area contributed by atoms with Gasteiger partial charge in [-0.15, -0.1) is 0 Å². The molecular formula is C10H9NO2. The number of aliphatic hydroxyl groups is 1. The van der Waals surface area contributed by atoms with Gasteiger partial charge in [0, 0.05) is 11.7 Å². The highest BCUT2D eigenvalue weighted by atomic mass is 16.3. The predicted octanol–water partition coefficient (Wildman–Crippen LogP) is 1.40. The highest BCUT2D eigenvalue weighted by Gasteiger charge is 2.05. The molecule has 0 amide bonds. The van der Waals surface area contributed by atoms with Crippen molar-refractivity contribution >= 4 is 17.2 Å². The highest BCUT2D eigenvalue weighted by molar-refractivity contribution is 5.80. The van der Waals surface area contributed by atoms with Gasteiger partial charge in [-0.2, -0.15) is 0 Å². The lowest BCUT2D eigenvalue weighted by Gasteiger charge is -2.02. The number of carbonyl (C=O) groups excluding carboxylic acids is 1. The van der Waals surface area contributed by atoms with E-state index in [1.165, 1.54) is 0 Å². The number of aliphatic hydroxyl groups excluding tert-OH is 1. The van der Waals surface area contributed by atoms with E-state index in [-0.39, 0.29) is 0 Å². The van der Waals surface area contributed by atoms with Gasteiger partial charge in [-0.3, -0.25) is 0 Å². The first-order valence-corrected chi connectivity index (χ1v) is 4.01. The third kappa shape index (κ3) is 1.34. The molecule has 0 saturated carbocycles. The average molecular weight is 175 g/mol. The number of benzene rings is 1. The molecule has 0 spiro atoms. The molecule has 0 aliphatic rings. The van der Waals surface area contributed by atoms with E-state index in [1.54, 1.807) is 12.1 Å². The van der Waals surface area contributed by atoms with E-state index >= 15 is 0 Å². The van der Waals surface area contributed by atoms with Gasteiger partial charge in [0.15, 0.2) is 6.29 Å². The first-order chi connectivity index (χ1) is 6.31. The minimum Gasteiger partial charge on any atom is -0.381 e. The van der Waals surface area contributed by atoms with Crippen molar-refractivity contribution in [3.05, 3.63) is 36.0 Å². The van der Waals surface area contributed by atoms with Gasteiger partial charge >= 0.3 is 0 Å². The third-order valence-corrected chi connectivity index (χ3v) is 2.05. The summed E-state index contributed by atoms with van der Waals surface area (Å²) >= 11 is 0. The summed E-state index contributed by atoms with van der Waals surface area (Å²) < 4.78 is 0. The van der Waals surface area contributed by atoms with Gasteiger partial charge in [-0.05, 0) is 29.1 Å². The molecule has 0 aliphatic heterocycles. The highest BCUT2D eigenvalue weighted by Crippen LogP contribution is 2.18. The lowest BCUT2D eigenvalue weighted by molar-refractivity contribution is -0.115. The first kappa shape index (κ1) is 8.01. The molecule has 2 N–H and O–H groups in total. The van der Waals surface area contributed by atoms with Crippen molar-refractivity contribution in [1.82, 2.24) is 4.98 Å². The van der Waals surface area contributed by atoms with Crippen LogP contribution in [-0.2, 0) is 4.79 Å². The molecule has 66 valence electrons. The lowest BCUT2D eigenvalue weighted by atomic mass is 10.1. The molecule has 1 aromatic heterocycles. The molecule has 1 unspecified atom stereocenters. The fraction of sp³-hybridized carbons (Fsp3) is 0.100. The normalized spacial score (nSPS) is 13.0. The Kier molecular flexibility index (Phi) is 1.87. The quantitative estimate of drug-likeness (QED) is 0.678. The molecule has 0 saturated heterocycles. The SMILES string of the molecule is O=CC(O)c1ccc2[nH]ccc2c1. The molecule has 3 heteroatoms. The van der Waals surface area contributed by atoms with E-state index in [0.29, 0.717) is 11.8 Å². The minimum atomic E-state index is -1.01. The van der Waals surface area contributed by atoms with E-state index < -0.39 is 6.10 Å². The van der Waals surface area contributed by atoms with Crippen LogP contribution in [0.15, 0.2) is 30.5 Å². The Bertz CT molecular complexity index is 433. The Morgan fingerprint density at radius 1 is 1.38 bits per heavy atom. The number of H-pyrrole nitrogens is 1. The molecule has 0 bridgehead atoms. The van der Waals surface area contributed by atoms with Gasteiger partial charge in [0.1, 0.15) is 6.10 Å². The average Bonchev–Trinajstić information content (AvgIpc) is 2.63. The van der Waals surface area contributed by atoms with Crippen molar-refractivity contribution in [2.24, 2.45) is 0 Å². The number of fused-ring (bicyclic) bond motifs is 1. The molecule has 1 aromatic carbocycles. The lowest BCUT2D eigenvalue weighted by Crippen LogP contribution is -1.97. The topological polar surface area (TPSA) is 53.1 Å². The van der Waals surface area contributed by atoms with Gasteiger partial charge in [0.05, 0.1) is 0 Å². The second-order valence-corrected chi connectivity index (χ2v) is 2.91. The van der Waals surface area contributed by atoms with Gasteiger partial charge in [0.25, 0.3) is 0 Å². The number of carbonyl (C=O) groups is 1. The molecule has 0 fully saturated rings. The molecule has 0 aliphatic carbocycles. The summed E-state index contributed by atoms with van der Waals surface area (Å²) in [6.45, 7) is 0. The second-order valence-electron chi connectivity index (χ2n) is 2.91. The van der Waals surface area contributed by atoms with Gasteiger partial charge in [0.2, 0.25) is 0 Å². The third-order valence-electron chi connectivity index (χ3n) is 2.05. The van der Waals surface area contributed by atoms with Crippen LogP contribution in [0.3, 0.4) is 0 Å². The molecule has 2 aromatic rings. The number of aromatic nitrogens is 1. The van der Waals surface area contributed by atoms with Crippen LogP contribution < -0.4 is 0 Å². The van der Waals surface area contributed by atoms with E-state index in [0.717, 1.165) is 10.9 Å². The van der Waals surface area contributed by atoms with Gasteiger partial charge < -0.3 is 14.9 Å². The number of aldehydes is 1. The summed E-state index contributed by atoms with van der Waals surface area (Å²) in [6, 6.07) is 7.27. The fourth-order valence-electron chi connectivity index (χ4n) is 1.33. The minimum absolute atomic E-state index is 0.522. The monoisotopic (exact) mass is 175 g/mol. The summed E-state index contributed by atoms with van der Waals surface area (Å²) in [4.78, 5) is 13.4. The van der Waals surface area contributed by atoms with E-state index in [4.69, 9.17) is 0 Å². The van der Waals surface area contributed by atoms with Crippen molar-refractivity contribution in [3.8, 4) is 0 Å². The Morgan fingerprint density at radius 2 is 2.23 bits per heavy atom. The summed E-state index contributed by atoms with van der Waals surface area (Å²) in [7, 11) is 0. The first-order valence-electron chi connectivity index (χ1n) is 4.01. The number of rotatable bonds is 2. The largest absolute Gasteiger partial charge is 0.381 e. The Balaban J connectivity index is 2.53. The van der Waals surface area contributed by atoms with Gasteiger partial charge in [-0.1, -0.05) is 6.07 Å². The molecule has 13 heavy (non-hydrogen) atoms. The zero-order valence-electron chi connectivity index (χ0n) is 6.90. The number of hydrogen-bond donors (Lipinski definition) is 2. The van der Waals surface area contributed by atoms with Crippen LogP contribution in [-0.4, -0.2) is 16.4 Å². The van der Waals surface area contributed by atoms with Crippen LogP contribution in [0.2, 0.25) is 0 Å². The smallest absolute Gasteiger partial charge is 0.153 e. The summed E-state index contributed by atoms with van der Waals surface area (Å²) in [6.07, 6.45) is 1.33. The maximum absolute atomic E-state index is 10.3. The van der Waals surface area contributed by atoms with Crippen LogP contribution in [0.4, 0.5) is 0 Å². The van der Waals surface area contributed by atoms with Crippen molar-refractivity contribution in [1.29, 1.82) is 0 Å². The van der Waals surface area contributed by atoms with Crippen LogP contribution in [0.1, 0.15) is 11.7 Å². The standard InChI is InChI=1S/C10H9NO2/c12-6-10(13)8-1-2-9-7(5-8)3-4-11-9/h1-6,10-11,13H.